The molecule has 3 aromatic rings. The van der Waals surface area contributed by atoms with E-state index in [2.05, 4.69) is 4.90 Å². The molecule has 42 heavy (non-hydrogen) atoms. The summed E-state index contributed by atoms with van der Waals surface area (Å²) in [6, 6.07) is 15.2. The van der Waals surface area contributed by atoms with Crippen molar-refractivity contribution >= 4 is 45.2 Å². The van der Waals surface area contributed by atoms with Crippen molar-refractivity contribution in [3.05, 3.63) is 87.9 Å². The maximum Gasteiger partial charge on any atom is 0.417 e. The Morgan fingerprint density at radius 2 is 1.79 bits per heavy atom. The fourth-order valence-electron chi connectivity index (χ4n) is 5.55. The third-order valence-electron chi connectivity index (χ3n) is 7.58. The summed E-state index contributed by atoms with van der Waals surface area (Å²) in [5.41, 5.74) is 1.38. The van der Waals surface area contributed by atoms with Crippen LogP contribution in [0.25, 0.3) is 12.2 Å². The minimum Gasteiger partial charge on any atom is -0.394 e. The highest BCUT2D eigenvalue weighted by atomic mass is 35.5. The third kappa shape index (κ3) is 6.16. The van der Waals surface area contributed by atoms with Gasteiger partial charge in [-0.15, -0.1) is 0 Å². The Bertz CT molecular complexity index is 1600. The number of benzene rings is 3. The van der Waals surface area contributed by atoms with Crippen molar-refractivity contribution in [3.8, 4) is 0 Å². The van der Waals surface area contributed by atoms with E-state index in [-0.39, 0.29) is 41.2 Å². The minimum absolute atomic E-state index is 0.0466. The van der Waals surface area contributed by atoms with Crippen molar-refractivity contribution in [2.24, 2.45) is 0 Å². The van der Waals surface area contributed by atoms with Gasteiger partial charge in [-0.2, -0.15) is 13.2 Å². The van der Waals surface area contributed by atoms with Crippen LogP contribution in [0.1, 0.15) is 22.3 Å². The van der Waals surface area contributed by atoms with Gasteiger partial charge in [0.15, 0.2) is 0 Å². The SMILES string of the molecule is Cc1cccc(S(=O)(=O)N2C[C@@H]3CN(C[C@H](O)CO)CCN3c3ccc(/C=C/c4c(Cl)cccc4C(F)(F)F)cc32)c1. The number of aryl methyl sites for hydroxylation is 1. The van der Waals surface area contributed by atoms with E-state index in [1.807, 2.05) is 17.9 Å². The van der Waals surface area contributed by atoms with Gasteiger partial charge >= 0.3 is 6.18 Å². The molecule has 0 spiro atoms. The summed E-state index contributed by atoms with van der Waals surface area (Å²) in [4.78, 5) is 4.27. The number of nitrogens with zero attached hydrogens (tertiary/aromatic N) is 3. The molecular weight excluding hydrogens is 591 g/mol. The Morgan fingerprint density at radius 3 is 2.50 bits per heavy atom. The van der Waals surface area contributed by atoms with Crippen LogP contribution in [-0.4, -0.2) is 75.0 Å². The van der Waals surface area contributed by atoms with Crippen LogP contribution in [0.15, 0.2) is 65.6 Å². The normalized spacial score (nSPS) is 18.7. The zero-order valence-electron chi connectivity index (χ0n) is 22.8. The second-order valence-corrected chi connectivity index (χ2v) is 12.8. The molecule has 0 aromatic heterocycles. The Kier molecular flexibility index (Phi) is 8.60. The maximum atomic E-state index is 14.0. The van der Waals surface area contributed by atoms with Crippen molar-refractivity contribution in [1.29, 1.82) is 0 Å². The second kappa shape index (κ2) is 11.9. The van der Waals surface area contributed by atoms with Crippen LogP contribution < -0.4 is 9.21 Å². The van der Waals surface area contributed by atoms with Gasteiger partial charge in [0.1, 0.15) is 0 Å². The molecule has 3 aromatic carbocycles. The van der Waals surface area contributed by atoms with Gasteiger partial charge in [-0.25, -0.2) is 8.42 Å². The second-order valence-electron chi connectivity index (χ2n) is 10.6. The van der Waals surface area contributed by atoms with Crippen molar-refractivity contribution in [2.75, 3.05) is 48.5 Å². The molecule has 2 N–H and O–H groups in total. The van der Waals surface area contributed by atoms with E-state index in [1.54, 1.807) is 36.4 Å². The van der Waals surface area contributed by atoms with Crippen LogP contribution in [0.4, 0.5) is 24.5 Å². The molecule has 0 amide bonds. The molecule has 1 fully saturated rings. The first-order valence-corrected chi connectivity index (χ1v) is 15.3. The molecule has 2 heterocycles. The molecule has 2 aliphatic rings. The molecule has 1 saturated heterocycles. The lowest BCUT2D eigenvalue weighted by Gasteiger charge is -2.49. The monoisotopic (exact) mass is 621 g/mol. The highest BCUT2D eigenvalue weighted by molar-refractivity contribution is 7.92. The fraction of sp³-hybridized carbons (Fsp3) is 0.333. The quantitative estimate of drug-likeness (QED) is 0.366. The third-order valence-corrected chi connectivity index (χ3v) is 9.68. The van der Waals surface area contributed by atoms with E-state index in [0.29, 0.717) is 36.6 Å². The predicted molar refractivity (Wildman–Crippen MR) is 158 cm³/mol. The van der Waals surface area contributed by atoms with Crippen LogP contribution >= 0.6 is 11.6 Å². The molecule has 0 radical (unpaired) electrons. The van der Waals surface area contributed by atoms with Crippen molar-refractivity contribution in [2.45, 2.75) is 30.1 Å². The predicted octanol–water partition coefficient (Wildman–Crippen LogP) is 4.89. The van der Waals surface area contributed by atoms with Crippen LogP contribution in [0.5, 0.6) is 0 Å². The van der Waals surface area contributed by atoms with Gasteiger partial charge in [-0.05, 0) is 54.4 Å². The summed E-state index contributed by atoms with van der Waals surface area (Å²) in [6.45, 7) is 3.49. The molecule has 0 bridgehead atoms. The van der Waals surface area contributed by atoms with Crippen molar-refractivity contribution in [1.82, 2.24) is 4.90 Å². The largest absolute Gasteiger partial charge is 0.417 e. The fourth-order valence-corrected chi connectivity index (χ4v) is 7.41. The number of rotatable bonds is 7. The van der Waals surface area contributed by atoms with Gasteiger partial charge in [0.25, 0.3) is 10.0 Å². The number of aliphatic hydroxyl groups excluding tert-OH is 2. The number of sulfonamides is 1. The summed E-state index contributed by atoms with van der Waals surface area (Å²) in [5.74, 6) is 0. The van der Waals surface area contributed by atoms with E-state index < -0.39 is 27.9 Å². The Morgan fingerprint density at radius 1 is 1.02 bits per heavy atom. The van der Waals surface area contributed by atoms with Crippen LogP contribution in [0.2, 0.25) is 5.02 Å². The lowest BCUT2D eigenvalue weighted by Crippen LogP contribution is -2.61. The van der Waals surface area contributed by atoms with Gasteiger partial charge in [-0.1, -0.05) is 48.0 Å². The number of β-amino-alcohol motifs (C(OH)–C–C–N with tert-alkyl or cyclic N) is 1. The first kappa shape index (κ1) is 30.4. The summed E-state index contributed by atoms with van der Waals surface area (Å²) >= 11 is 6.13. The molecule has 5 rings (SSSR count). The zero-order valence-corrected chi connectivity index (χ0v) is 24.4. The van der Waals surface area contributed by atoms with E-state index in [9.17, 15) is 31.8 Å². The number of hydrogen-bond acceptors (Lipinski definition) is 6. The summed E-state index contributed by atoms with van der Waals surface area (Å²) in [7, 11) is -4.01. The maximum absolute atomic E-state index is 14.0. The number of anilines is 2. The van der Waals surface area contributed by atoms with Gasteiger partial charge in [-0.3, -0.25) is 9.21 Å². The van der Waals surface area contributed by atoms with E-state index >= 15 is 0 Å². The number of alkyl halides is 3. The minimum atomic E-state index is -4.59. The molecular formula is C30H31ClF3N3O4S. The molecule has 2 atom stereocenters. The zero-order chi connectivity index (χ0) is 30.2. The van der Waals surface area contributed by atoms with Gasteiger partial charge in [0, 0.05) is 36.8 Å². The standard InChI is InChI=1S/C30H31ClF3N3O4S/c1-20-4-2-5-24(14-20)42(40,41)37-17-22-16-35(18-23(39)19-38)12-13-36(22)28-11-9-21(15-29(28)37)8-10-25-26(30(32,33)34)6-3-7-27(25)31/h2-11,14-15,22-23,38-39H,12-13,16-19H2,1H3/b10-8+/t22-,23-/m0/s1. The molecule has 0 unspecified atom stereocenters. The van der Waals surface area contributed by atoms with E-state index in [4.69, 9.17) is 11.6 Å². The number of halogens is 4. The molecule has 12 heteroatoms. The highest BCUT2D eigenvalue weighted by Gasteiger charge is 2.40. The summed E-state index contributed by atoms with van der Waals surface area (Å²) in [6.07, 6.45) is -2.70. The van der Waals surface area contributed by atoms with Crippen LogP contribution in [0.3, 0.4) is 0 Å². The Balaban J connectivity index is 1.56. The smallest absolute Gasteiger partial charge is 0.394 e. The van der Waals surface area contributed by atoms with Crippen molar-refractivity contribution < 1.29 is 31.8 Å². The molecule has 0 saturated carbocycles. The lowest BCUT2D eigenvalue weighted by molar-refractivity contribution is -0.137. The van der Waals surface area contributed by atoms with Gasteiger partial charge < -0.3 is 15.1 Å². The number of aliphatic hydroxyl groups is 2. The number of fused-ring (bicyclic) bond motifs is 3. The summed E-state index contributed by atoms with van der Waals surface area (Å²) in [5, 5.41) is 19.2. The number of piperazine rings is 1. The first-order chi connectivity index (χ1) is 19.9. The average molecular weight is 622 g/mol. The van der Waals surface area contributed by atoms with Crippen LogP contribution in [-0.2, 0) is 16.2 Å². The van der Waals surface area contributed by atoms with Crippen LogP contribution in [0, 0.1) is 6.92 Å². The van der Waals surface area contributed by atoms with Gasteiger partial charge in [0.05, 0.1) is 47.1 Å². The Hall–Kier alpha value is -3.09. The van der Waals surface area contributed by atoms with Gasteiger partial charge in [0.2, 0.25) is 0 Å². The summed E-state index contributed by atoms with van der Waals surface area (Å²) < 4.78 is 70.3. The molecule has 2 aliphatic heterocycles. The highest BCUT2D eigenvalue weighted by Crippen LogP contribution is 2.41. The number of hydrogen-bond donors (Lipinski definition) is 2. The van der Waals surface area contributed by atoms with E-state index in [1.165, 1.54) is 28.6 Å². The first-order valence-electron chi connectivity index (χ1n) is 13.4. The lowest BCUT2D eigenvalue weighted by atomic mass is 10.0. The van der Waals surface area contributed by atoms with Crippen molar-refractivity contribution in [3.63, 3.8) is 0 Å². The average Bonchev–Trinajstić information content (AvgIpc) is 2.95. The Labute approximate surface area is 248 Å². The molecule has 7 nitrogen and oxygen atoms in total. The molecule has 224 valence electrons. The molecule has 0 aliphatic carbocycles. The topological polar surface area (TPSA) is 84.3 Å². The van der Waals surface area contributed by atoms with E-state index in [0.717, 1.165) is 11.6 Å².